The first-order valence-electron chi connectivity index (χ1n) is 11.2. The van der Waals surface area contributed by atoms with Crippen molar-refractivity contribution >= 4 is 27.5 Å². The molecule has 31 heavy (non-hydrogen) atoms. The van der Waals surface area contributed by atoms with Crippen LogP contribution >= 0.6 is 0 Å². The van der Waals surface area contributed by atoms with Gasteiger partial charge >= 0.3 is 6.18 Å². The molecular formula is C24H27F4N3. The van der Waals surface area contributed by atoms with Crippen LogP contribution in [0.1, 0.15) is 44.6 Å². The summed E-state index contributed by atoms with van der Waals surface area (Å²) in [4.78, 5) is 7.78. The Labute approximate surface area is 179 Å². The summed E-state index contributed by atoms with van der Waals surface area (Å²) in [5.41, 5.74) is 0.864. The number of fused-ring (bicyclic) bond motifs is 3. The van der Waals surface area contributed by atoms with E-state index in [1.807, 2.05) is 0 Å². The van der Waals surface area contributed by atoms with Crippen LogP contribution in [0.4, 0.5) is 23.2 Å². The molecule has 2 aromatic carbocycles. The Morgan fingerprint density at radius 1 is 1.06 bits per heavy atom. The largest absolute Gasteiger partial charge is 0.416 e. The lowest BCUT2D eigenvalue weighted by Crippen LogP contribution is -2.49. The fraction of sp³-hybridized carbons (Fsp3) is 0.500. The number of rotatable bonds is 5. The number of alkyl halides is 3. The van der Waals surface area contributed by atoms with Crippen molar-refractivity contribution in [3.8, 4) is 0 Å². The van der Waals surface area contributed by atoms with Gasteiger partial charge in [-0.15, -0.1) is 0 Å². The first-order valence-corrected chi connectivity index (χ1v) is 11.2. The highest BCUT2D eigenvalue weighted by Gasteiger charge is 2.36. The molecule has 5 rings (SSSR count). The van der Waals surface area contributed by atoms with E-state index in [-0.39, 0.29) is 5.82 Å². The molecule has 1 aromatic heterocycles. The molecule has 3 nitrogen and oxygen atoms in total. The quantitative estimate of drug-likeness (QED) is 0.476. The topological polar surface area (TPSA) is 22.3 Å². The van der Waals surface area contributed by atoms with Gasteiger partial charge in [-0.25, -0.2) is 4.39 Å². The van der Waals surface area contributed by atoms with Crippen LogP contribution in [0.3, 0.4) is 0 Å². The highest BCUT2D eigenvalue weighted by atomic mass is 19.4. The number of hydrogen-bond donors (Lipinski definition) is 1. The van der Waals surface area contributed by atoms with Gasteiger partial charge in [0.05, 0.1) is 11.3 Å². The van der Waals surface area contributed by atoms with E-state index in [1.54, 1.807) is 6.07 Å². The molecule has 2 fully saturated rings. The molecule has 2 aliphatic rings. The normalized spacial score (nSPS) is 20.3. The van der Waals surface area contributed by atoms with Crippen LogP contribution in [-0.4, -0.2) is 41.6 Å². The van der Waals surface area contributed by atoms with Crippen LogP contribution in [0.2, 0.25) is 0 Å². The number of aromatic nitrogens is 1. The van der Waals surface area contributed by atoms with Gasteiger partial charge in [0, 0.05) is 47.0 Å². The van der Waals surface area contributed by atoms with Crippen LogP contribution in [0.5, 0.6) is 0 Å². The molecule has 1 aliphatic heterocycles. The second-order valence-corrected chi connectivity index (χ2v) is 8.91. The van der Waals surface area contributed by atoms with E-state index in [0.717, 1.165) is 51.0 Å². The lowest BCUT2D eigenvalue weighted by molar-refractivity contribution is -0.137. The minimum absolute atomic E-state index is 0.317. The summed E-state index contributed by atoms with van der Waals surface area (Å²) in [6.07, 6.45) is 1.25. The Balaban J connectivity index is 1.56. The number of halogens is 4. The zero-order chi connectivity index (χ0) is 21.8. The van der Waals surface area contributed by atoms with Gasteiger partial charge in [-0.05, 0) is 62.9 Å². The summed E-state index contributed by atoms with van der Waals surface area (Å²) >= 11 is 0. The maximum absolute atomic E-state index is 15.2. The summed E-state index contributed by atoms with van der Waals surface area (Å²) in [6, 6.07) is 7.75. The van der Waals surface area contributed by atoms with E-state index >= 15 is 4.39 Å². The Kier molecular flexibility index (Phi) is 5.12. The van der Waals surface area contributed by atoms with Crippen molar-refractivity contribution in [1.82, 2.24) is 9.88 Å². The number of benzene rings is 2. The molecule has 0 bridgehead atoms. The standard InChI is InChI=1S/C24H27F4N3/c1-2-11-31(16-6-7-16)17-4-3-12-30(14-17)23-19(25)9-10-20-22(23)18-8-5-15(24(26,27)28)13-21(18)29-20/h5,8-10,13,16-17,29H,2-4,6-7,11-12,14H2,1H3/t17-/m0/s1. The number of hydrogen-bond acceptors (Lipinski definition) is 2. The van der Waals surface area contributed by atoms with E-state index in [9.17, 15) is 13.2 Å². The number of anilines is 1. The number of aromatic amines is 1. The van der Waals surface area contributed by atoms with E-state index in [2.05, 4.69) is 21.7 Å². The van der Waals surface area contributed by atoms with Gasteiger partial charge in [0.2, 0.25) is 0 Å². The van der Waals surface area contributed by atoms with Gasteiger partial charge < -0.3 is 9.88 Å². The Hall–Kier alpha value is -2.28. The Morgan fingerprint density at radius 2 is 1.87 bits per heavy atom. The van der Waals surface area contributed by atoms with Crippen LogP contribution < -0.4 is 4.90 Å². The maximum Gasteiger partial charge on any atom is 0.416 e. The molecule has 1 atom stereocenters. The third-order valence-electron chi connectivity index (χ3n) is 6.69. The molecule has 0 amide bonds. The van der Waals surface area contributed by atoms with Crippen LogP contribution in [-0.2, 0) is 6.18 Å². The van der Waals surface area contributed by atoms with Crippen molar-refractivity contribution in [2.45, 2.75) is 57.3 Å². The molecule has 7 heteroatoms. The minimum atomic E-state index is -4.41. The predicted octanol–water partition coefficient (Wildman–Crippen LogP) is 6.32. The van der Waals surface area contributed by atoms with Crippen LogP contribution in [0.15, 0.2) is 30.3 Å². The Bertz CT molecular complexity index is 1100. The van der Waals surface area contributed by atoms with Gasteiger partial charge in [-0.1, -0.05) is 13.0 Å². The van der Waals surface area contributed by atoms with Gasteiger partial charge in [0.25, 0.3) is 0 Å². The molecule has 1 N–H and O–H groups in total. The fourth-order valence-corrected chi connectivity index (χ4v) is 5.20. The number of H-pyrrole nitrogens is 1. The molecule has 1 saturated carbocycles. The summed E-state index contributed by atoms with van der Waals surface area (Å²) in [5, 5.41) is 1.31. The molecule has 166 valence electrons. The molecule has 1 aliphatic carbocycles. The van der Waals surface area contributed by atoms with Gasteiger partial charge in [-0.2, -0.15) is 13.2 Å². The van der Waals surface area contributed by atoms with E-state index in [1.165, 1.54) is 25.0 Å². The zero-order valence-electron chi connectivity index (χ0n) is 17.6. The van der Waals surface area contributed by atoms with Gasteiger partial charge in [0.1, 0.15) is 5.82 Å². The highest BCUT2D eigenvalue weighted by Crippen LogP contribution is 2.40. The average Bonchev–Trinajstić information content (AvgIpc) is 3.51. The third-order valence-corrected chi connectivity index (χ3v) is 6.69. The molecule has 1 saturated heterocycles. The van der Waals surface area contributed by atoms with E-state index in [4.69, 9.17) is 0 Å². The smallest absolute Gasteiger partial charge is 0.367 e. The summed E-state index contributed by atoms with van der Waals surface area (Å²) < 4.78 is 54.7. The third kappa shape index (κ3) is 3.77. The fourth-order valence-electron chi connectivity index (χ4n) is 5.20. The molecular weight excluding hydrogens is 406 g/mol. The number of nitrogens with zero attached hydrogens (tertiary/aromatic N) is 2. The van der Waals surface area contributed by atoms with Crippen LogP contribution in [0.25, 0.3) is 21.8 Å². The minimum Gasteiger partial charge on any atom is -0.367 e. The predicted molar refractivity (Wildman–Crippen MR) is 116 cm³/mol. The van der Waals surface area contributed by atoms with Crippen molar-refractivity contribution in [3.05, 3.63) is 41.7 Å². The van der Waals surface area contributed by atoms with Crippen molar-refractivity contribution in [3.63, 3.8) is 0 Å². The van der Waals surface area contributed by atoms with Crippen LogP contribution in [0, 0.1) is 5.82 Å². The lowest BCUT2D eigenvalue weighted by Gasteiger charge is -2.41. The first kappa shape index (κ1) is 20.6. The van der Waals surface area contributed by atoms with E-state index < -0.39 is 11.7 Å². The SMILES string of the molecule is CCCN(C1CC1)[C@H]1CCCN(c2c(F)ccc3[nH]c4cc(C(F)(F)F)ccc4c23)C1. The molecule has 0 unspecified atom stereocenters. The van der Waals surface area contributed by atoms with Crippen molar-refractivity contribution < 1.29 is 17.6 Å². The van der Waals surface area contributed by atoms with Crippen molar-refractivity contribution in [1.29, 1.82) is 0 Å². The Morgan fingerprint density at radius 3 is 2.58 bits per heavy atom. The number of nitrogens with one attached hydrogen (secondary N) is 1. The molecule has 0 spiro atoms. The summed E-state index contributed by atoms with van der Waals surface area (Å²) in [6.45, 7) is 4.75. The highest BCUT2D eigenvalue weighted by molar-refractivity contribution is 6.13. The van der Waals surface area contributed by atoms with Crippen molar-refractivity contribution in [2.75, 3.05) is 24.5 Å². The summed E-state index contributed by atoms with van der Waals surface area (Å²) in [7, 11) is 0. The first-order chi connectivity index (χ1) is 14.9. The summed E-state index contributed by atoms with van der Waals surface area (Å²) in [5.74, 6) is -0.317. The van der Waals surface area contributed by atoms with Gasteiger partial charge in [0.15, 0.2) is 0 Å². The second kappa shape index (κ2) is 7.69. The number of piperidine rings is 1. The average molecular weight is 433 g/mol. The molecule has 3 aromatic rings. The molecule has 0 radical (unpaired) electrons. The lowest BCUT2D eigenvalue weighted by atomic mass is 10.0. The monoisotopic (exact) mass is 433 g/mol. The van der Waals surface area contributed by atoms with E-state index in [0.29, 0.717) is 39.6 Å². The maximum atomic E-state index is 15.2. The van der Waals surface area contributed by atoms with Crippen molar-refractivity contribution in [2.24, 2.45) is 0 Å². The second-order valence-electron chi connectivity index (χ2n) is 8.91. The molecule has 2 heterocycles. The van der Waals surface area contributed by atoms with Gasteiger partial charge in [-0.3, -0.25) is 4.90 Å². The zero-order valence-corrected chi connectivity index (χ0v) is 17.6.